The number of hydrogen-bond acceptors (Lipinski definition) is 2. The van der Waals surface area contributed by atoms with E-state index >= 15 is 0 Å². The molecular formula is C12H16BrNO2. The number of benzene rings is 1. The van der Waals surface area contributed by atoms with Gasteiger partial charge in [0.1, 0.15) is 5.54 Å². The van der Waals surface area contributed by atoms with Crippen LogP contribution in [0.25, 0.3) is 0 Å². The third-order valence-corrected chi connectivity index (χ3v) is 2.73. The normalized spacial score (nSPS) is 11.2. The molecule has 0 saturated carbocycles. The summed E-state index contributed by atoms with van der Waals surface area (Å²) in [6, 6.07) is 7.81. The fourth-order valence-corrected chi connectivity index (χ4v) is 1.74. The summed E-state index contributed by atoms with van der Waals surface area (Å²) in [5.74, 6) is -0.864. The molecule has 0 unspecified atom stereocenters. The van der Waals surface area contributed by atoms with Crippen LogP contribution >= 0.6 is 15.9 Å². The molecule has 0 bridgehead atoms. The van der Waals surface area contributed by atoms with Gasteiger partial charge in [0.25, 0.3) is 0 Å². The highest BCUT2D eigenvalue weighted by atomic mass is 79.9. The van der Waals surface area contributed by atoms with Crippen LogP contribution in [0.5, 0.6) is 0 Å². The topological polar surface area (TPSA) is 49.3 Å². The molecule has 0 aromatic heterocycles. The van der Waals surface area contributed by atoms with Crippen molar-refractivity contribution in [3.05, 3.63) is 29.8 Å². The van der Waals surface area contributed by atoms with Crippen molar-refractivity contribution < 1.29 is 9.90 Å². The maximum atomic E-state index is 10.9. The van der Waals surface area contributed by atoms with Crippen LogP contribution in [0.2, 0.25) is 0 Å². The minimum atomic E-state index is -0.947. The van der Waals surface area contributed by atoms with Gasteiger partial charge >= 0.3 is 5.97 Å². The lowest BCUT2D eigenvalue weighted by Crippen LogP contribution is -2.39. The maximum absolute atomic E-state index is 10.9. The number of carboxylic acid groups (broad SMARTS) is 1. The molecule has 3 nitrogen and oxygen atoms in total. The summed E-state index contributed by atoms with van der Waals surface area (Å²) in [7, 11) is 0. The van der Waals surface area contributed by atoms with Gasteiger partial charge in [0.2, 0.25) is 0 Å². The van der Waals surface area contributed by atoms with Crippen LogP contribution in [0, 0.1) is 0 Å². The number of nitrogens with one attached hydrogen (secondary N) is 1. The summed E-state index contributed by atoms with van der Waals surface area (Å²) in [6.07, 6.45) is 0.975. The molecule has 0 atom stereocenters. The largest absolute Gasteiger partial charge is 0.480 e. The number of alkyl halides is 1. The second-order valence-corrected chi connectivity index (χ2v) is 4.98. The Morgan fingerprint density at radius 2 is 1.94 bits per heavy atom. The number of halogens is 1. The SMILES string of the molecule is CC(C)(Nc1ccc(CCBr)cc1)C(=O)O. The zero-order chi connectivity index (χ0) is 12.2. The van der Waals surface area contributed by atoms with Crippen LogP contribution < -0.4 is 5.32 Å². The van der Waals surface area contributed by atoms with Gasteiger partial charge in [0.05, 0.1) is 0 Å². The van der Waals surface area contributed by atoms with Gasteiger partial charge in [-0.1, -0.05) is 28.1 Å². The molecule has 88 valence electrons. The first-order chi connectivity index (χ1) is 7.45. The first kappa shape index (κ1) is 13.0. The molecule has 2 N–H and O–H groups in total. The van der Waals surface area contributed by atoms with Crippen LogP contribution in [0.1, 0.15) is 19.4 Å². The second kappa shape index (κ2) is 5.34. The molecule has 0 fully saturated rings. The molecule has 0 saturated heterocycles. The Labute approximate surface area is 104 Å². The number of aryl methyl sites for hydroxylation is 1. The fraction of sp³-hybridized carbons (Fsp3) is 0.417. The van der Waals surface area contributed by atoms with Gasteiger partial charge in [0.15, 0.2) is 0 Å². The quantitative estimate of drug-likeness (QED) is 0.818. The first-order valence-corrected chi connectivity index (χ1v) is 6.24. The van der Waals surface area contributed by atoms with E-state index in [0.717, 1.165) is 17.4 Å². The highest BCUT2D eigenvalue weighted by Crippen LogP contribution is 2.16. The Bertz CT molecular complexity index is 360. The lowest BCUT2D eigenvalue weighted by molar-refractivity contribution is -0.141. The van der Waals surface area contributed by atoms with Gasteiger partial charge in [-0.3, -0.25) is 0 Å². The zero-order valence-corrected chi connectivity index (χ0v) is 11.0. The summed E-state index contributed by atoms with van der Waals surface area (Å²) in [4.78, 5) is 10.9. The van der Waals surface area contributed by atoms with Crippen LogP contribution in [0.3, 0.4) is 0 Å². The van der Waals surface area contributed by atoms with Gasteiger partial charge < -0.3 is 10.4 Å². The Morgan fingerprint density at radius 1 is 1.38 bits per heavy atom. The minimum Gasteiger partial charge on any atom is -0.480 e. The molecule has 1 aromatic rings. The van der Waals surface area contributed by atoms with Crippen molar-refractivity contribution in [3.8, 4) is 0 Å². The average Bonchev–Trinajstić information content (AvgIpc) is 2.21. The molecule has 1 rings (SSSR count). The molecule has 0 aliphatic heterocycles. The summed E-state index contributed by atoms with van der Waals surface area (Å²) in [6.45, 7) is 3.28. The molecule has 0 amide bonds. The van der Waals surface area contributed by atoms with Crippen molar-refractivity contribution in [1.82, 2.24) is 0 Å². The smallest absolute Gasteiger partial charge is 0.328 e. The van der Waals surface area contributed by atoms with Crippen LogP contribution in [0.15, 0.2) is 24.3 Å². The maximum Gasteiger partial charge on any atom is 0.328 e. The average molecular weight is 286 g/mol. The highest BCUT2D eigenvalue weighted by Gasteiger charge is 2.26. The lowest BCUT2D eigenvalue weighted by atomic mass is 10.1. The number of hydrogen-bond donors (Lipinski definition) is 2. The molecule has 1 aromatic carbocycles. The molecule has 0 spiro atoms. The summed E-state index contributed by atoms with van der Waals surface area (Å²) in [5, 5.41) is 12.9. The third kappa shape index (κ3) is 3.52. The first-order valence-electron chi connectivity index (χ1n) is 5.12. The van der Waals surface area contributed by atoms with Crippen molar-refractivity contribution >= 4 is 27.6 Å². The van der Waals surface area contributed by atoms with Crippen molar-refractivity contribution in [3.63, 3.8) is 0 Å². The van der Waals surface area contributed by atoms with Crippen molar-refractivity contribution in [2.45, 2.75) is 25.8 Å². The minimum absolute atomic E-state index is 0.825. The van der Waals surface area contributed by atoms with E-state index in [4.69, 9.17) is 5.11 Å². The predicted octanol–water partition coefficient (Wildman–Crippen LogP) is 2.90. The number of carbonyl (C=O) groups is 1. The van der Waals surface area contributed by atoms with Crippen LogP contribution in [-0.2, 0) is 11.2 Å². The zero-order valence-electron chi connectivity index (χ0n) is 9.46. The van der Waals surface area contributed by atoms with E-state index in [2.05, 4.69) is 21.2 Å². The van der Waals surface area contributed by atoms with Crippen molar-refractivity contribution in [2.24, 2.45) is 0 Å². The molecule has 0 radical (unpaired) electrons. The van der Waals surface area contributed by atoms with Gasteiger partial charge in [-0.2, -0.15) is 0 Å². The van der Waals surface area contributed by atoms with Gasteiger partial charge in [0, 0.05) is 11.0 Å². The number of carboxylic acids is 1. The van der Waals surface area contributed by atoms with Gasteiger partial charge in [-0.25, -0.2) is 4.79 Å². The van der Waals surface area contributed by atoms with E-state index in [1.54, 1.807) is 13.8 Å². The van der Waals surface area contributed by atoms with Gasteiger partial charge in [-0.05, 0) is 38.0 Å². The van der Waals surface area contributed by atoms with E-state index in [9.17, 15) is 4.79 Å². The van der Waals surface area contributed by atoms with Crippen LogP contribution in [-0.4, -0.2) is 21.9 Å². The Morgan fingerprint density at radius 3 is 2.38 bits per heavy atom. The number of rotatable bonds is 5. The van der Waals surface area contributed by atoms with E-state index in [1.165, 1.54) is 5.56 Å². The predicted molar refractivity (Wildman–Crippen MR) is 69.3 cm³/mol. The number of aliphatic carboxylic acids is 1. The summed E-state index contributed by atoms with van der Waals surface area (Å²) in [5.41, 5.74) is 1.11. The fourth-order valence-electron chi connectivity index (χ4n) is 1.28. The second-order valence-electron chi connectivity index (χ2n) is 4.19. The molecule has 0 heterocycles. The van der Waals surface area contributed by atoms with Crippen molar-refractivity contribution in [1.29, 1.82) is 0 Å². The number of anilines is 1. The van der Waals surface area contributed by atoms with E-state index in [-0.39, 0.29) is 0 Å². The monoisotopic (exact) mass is 285 g/mol. The molecule has 0 aliphatic carbocycles. The highest BCUT2D eigenvalue weighted by molar-refractivity contribution is 9.09. The molecule has 4 heteroatoms. The standard InChI is InChI=1S/C12H16BrNO2/c1-12(2,11(15)16)14-10-5-3-9(4-6-10)7-8-13/h3-6,14H,7-8H2,1-2H3,(H,15,16). The van der Waals surface area contributed by atoms with Gasteiger partial charge in [-0.15, -0.1) is 0 Å². The van der Waals surface area contributed by atoms with E-state index in [0.29, 0.717) is 0 Å². The summed E-state index contributed by atoms with van der Waals surface area (Å²) >= 11 is 3.38. The molecule has 0 aliphatic rings. The molecule has 16 heavy (non-hydrogen) atoms. The third-order valence-electron chi connectivity index (χ3n) is 2.33. The summed E-state index contributed by atoms with van der Waals surface area (Å²) < 4.78 is 0. The molecular weight excluding hydrogens is 270 g/mol. The van der Waals surface area contributed by atoms with E-state index < -0.39 is 11.5 Å². The van der Waals surface area contributed by atoms with Crippen LogP contribution in [0.4, 0.5) is 5.69 Å². The Balaban J connectivity index is 2.72. The lowest BCUT2D eigenvalue weighted by Gasteiger charge is -2.22. The van der Waals surface area contributed by atoms with Crippen molar-refractivity contribution in [2.75, 3.05) is 10.6 Å². The van der Waals surface area contributed by atoms with E-state index in [1.807, 2.05) is 24.3 Å². The Kier molecular flexibility index (Phi) is 4.35. The Hall–Kier alpha value is -1.03.